The number of carbonyl (C=O) groups excluding carboxylic acids is 2. The van der Waals surface area contributed by atoms with E-state index >= 15 is 0 Å². The lowest BCUT2D eigenvalue weighted by Gasteiger charge is -2.15. The standard InChI is InChI=1S/C25H26IN5O2/c1-17-19(9-11-23(29-17)28-13-5-15-31-14-4-7-24(31)32)25(33)30-18-8-10-21(26)20(16-18)22-6-2-3-12-27-22/h2-3,6,8-12,16H,4-5,7,13-15H2,1H3,(H,28,29)(H,30,33). The molecule has 0 atom stereocenters. The number of carbonyl (C=O) groups is 2. The maximum atomic E-state index is 12.9. The molecule has 33 heavy (non-hydrogen) atoms. The average molecular weight is 555 g/mol. The number of amides is 2. The molecule has 1 fully saturated rings. The van der Waals surface area contributed by atoms with Gasteiger partial charge in [0.25, 0.3) is 5.91 Å². The predicted octanol–water partition coefficient (Wildman–Crippen LogP) is 4.73. The summed E-state index contributed by atoms with van der Waals surface area (Å²) in [5.41, 5.74) is 3.72. The Morgan fingerprint density at radius 2 is 2.06 bits per heavy atom. The quantitative estimate of drug-likeness (QED) is 0.310. The molecular weight excluding hydrogens is 529 g/mol. The highest BCUT2D eigenvalue weighted by Gasteiger charge is 2.19. The fourth-order valence-electron chi connectivity index (χ4n) is 3.85. The molecule has 0 unspecified atom stereocenters. The van der Waals surface area contributed by atoms with Gasteiger partial charge in [0.2, 0.25) is 5.91 Å². The molecule has 3 aromatic rings. The van der Waals surface area contributed by atoms with E-state index in [1.807, 2.05) is 54.3 Å². The van der Waals surface area contributed by atoms with Crippen molar-refractivity contribution in [3.63, 3.8) is 0 Å². The van der Waals surface area contributed by atoms with E-state index in [1.165, 1.54) is 0 Å². The molecule has 2 N–H and O–H groups in total. The maximum Gasteiger partial charge on any atom is 0.257 e. The first-order chi connectivity index (χ1) is 16.0. The van der Waals surface area contributed by atoms with Gasteiger partial charge in [-0.25, -0.2) is 4.98 Å². The van der Waals surface area contributed by atoms with E-state index in [1.54, 1.807) is 12.3 Å². The molecule has 1 aliphatic rings. The van der Waals surface area contributed by atoms with Crippen molar-refractivity contribution in [2.75, 3.05) is 30.3 Å². The summed E-state index contributed by atoms with van der Waals surface area (Å²) in [6.07, 6.45) is 4.25. The fraction of sp³-hybridized carbons (Fsp3) is 0.280. The number of aromatic nitrogens is 2. The Balaban J connectivity index is 1.36. The number of anilines is 2. The van der Waals surface area contributed by atoms with E-state index in [4.69, 9.17) is 0 Å². The van der Waals surface area contributed by atoms with Crippen LogP contribution in [0, 0.1) is 10.5 Å². The zero-order valence-corrected chi connectivity index (χ0v) is 20.6. The van der Waals surface area contributed by atoms with Crippen LogP contribution in [0.25, 0.3) is 11.3 Å². The molecule has 7 nitrogen and oxygen atoms in total. The van der Waals surface area contributed by atoms with Crippen molar-refractivity contribution in [2.24, 2.45) is 0 Å². The van der Waals surface area contributed by atoms with E-state index in [9.17, 15) is 9.59 Å². The van der Waals surface area contributed by atoms with E-state index in [2.05, 4.69) is 43.2 Å². The summed E-state index contributed by atoms with van der Waals surface area (Å²) in [5, 5.41) is 6.26. The van der Waals surface area contributed by atoms with Crippen LogP contribution in [0.4, 0.5) is 11.5 Å². The molecule has 2 aromatic heterocycles. The van der Waals surface area contributed by atoms with Gasteiger partial charge < -0.3 is 15.5 Å². The number of rotatable bonds is 8. The zero-order chi connectivity index (χ0) is 23.2. The molecule has 0 bridgehead atoms. The predicted molar refractivity (Wildman–Crippen MR) is 138 cm³/mol. The molecular formula is C25H26IN5O2. The van der Waals surface area contributed by atoms with Gasteiger partial charge in [0, 0.05) is 47.1 Å². The molecule has 1 aromatic carbocycles. The van der Waals surface area contributed by atoms with Gasteiger partial charge >= 0.3 is 0 Å². The van der Waals surface area contributed by atoms with Gasteiger partial charge in [0.1, 0.15) is 5.82 Å². The van der Waals surface area contributed by atoms with Crippen molar-refractivity contribution in [3.05, 3.63) is 69.6 Å². The van der Waals surface area contributed by atoms with E-state index in [-0.39, 0.29) is 11.8 Å². The first-order valence-electron chi connectivity index (χ1n) is 11.0. The first-order valence-corrected chi connectivity index (χ1v) is 12.1. The molecule has 170 valence electrons. The molecule has 8 heteroatoms. The highest BCUT2D eigenvalue weighted by Crippen LogP contribution is 2.27. The molecule has 4 rings (SSSR count). The van der Waals surface area contributed by atoms with Gasteiger partial charge in [-0.15, -0.1) is 0 Å². The summed E-state index contributed by atoms with van der Waals surface area (Å²) in [6, 6.07) is 15.2. The lowest BCUT2D eigenvalue weighted by Crippen LogP contribution is -2.27. The molecule has 0 radical (unpaired) electrons. The number of likely N-dealkylation sites (tertiary alicyclic amines) is 1. The second-order valence-corrected chi connectivity index (χ2v) is 9.12. The lowest BCUT2D eigenvalue weighted by atomic mass is 10.1. The summed E-state index contributed by atoms with van der Waals surface area (Å²) in [5.74, 6) is 0.774. The summed E-state index contributed by atoms with van der Waals surface area (Å²) < 4.78 is 1.06. The van der Waals surface area contributed by atoms with Crippen LogP contribution in [0.3, 0.4) is 0 Å². The van der Waals surface area contributed by atoms with Crippen LogP contribution in [-0.4, -0.2) is 46.3 Å². The van der Waals surface area contributed by atoms with Crippen LogP contribution in [0.2, 0.25) is 0 Å². The van der Waals surface area contributed by atoms with Crippen molar-refractivity contribution >= 4 is 45.9 Å². The van der Waals surface area contributed by atoms with Crippen molar-refractivity contribution < 1.29 is 9.59 Å². The monoisotopic (exact) mass is 555 g/mol. The third-order valence-electron chi connectivity index (χ3n) is 5.58. The number of halogens is 1. The summed E-state index contributed by atoms with van der Waals surface area (Å²) in [6.45, 7) is 4.18. The van der Waals surface area contributed by atoms with Crippen LogP contribution in [-0.2, 0) is 4.79 Å². The highest BCUT2D eigenvalue weighted by molar-refractivity contribution is 14.1. The Bertz CT molecular complexity index is 1150. The number of aryl methyl sites for hydroxylation is 1. The third kappa shape index (κ3) is 5.87. The molecule has 1 saturated heterocycles. The maximum absolute atomic E-state index is 12.9. The number of hydrogen-bond acceptors (Lipinski definition) is 5. The van der Waals surface area contributed by atoms with Crippen LogP contribution in [0.1, 0.15) is 35.3 Å². The number of benzene rings is 1. The molecule has 1 aliphatic heterocycles. The van der Waals surface area contributed by atoms with E-state index in [0.29, 0.717) is 23.4 Å². The van der Waals surface area contributed by atoms with Gasteiger partial charge in [-0.2, -0.15) is 0 Å². The number of hydrogen-bond donors (Lipinski definition) is 2. The Kier molecular flexibility index (Phi) is 7.54. The van der Waals surface area contributed by atoms with Crippen LogP contribution < -0.4 is 10.6 Å². The molecule has 3 heterocycles. The Hall–Kier alpha value is -3.01. The molecule has 2 amide bonds. The SMILES string of the molecule is Cc1nc(NCCCN2CCCC2=O)ccc1C(=O)Nc1ccc(I)c(-c2ccccn2)c1. The van der Waals surface area contributed by atoms with Gasteiger partial charge in [-0.1, -0.05) is 6.07 Å². The van der Waals surface area contributed by atoms with Gasteiger partial charge in [-0.3, -0.25) is 14.6 Å². The molecule has 0 aliphatic carbocycles. The zero-order valence-electron chi connectivity index (χ0n) is 18.5. The minimum absolute atomic E-state index is 0.202. The Morgan fingerprint density at radius 3 is 2.79 bits per heavy atom. The van der Waals surface area contributed by atoms with Gasteiger partial charge in [0.05, 0.1) is 17.0 Å². The van der Waals surface area contributed by atoms with E-state index in [0.717, 1.165) is 53.1 Å². The molecule has 0 saturated carbocycles. The minimum Gasteiger partial charge on any atom is -0.370 e. The van der Waals surface area contributed by atoms with Crippen LogP contribution >= 0.6 is 22.6 Å². The Labute approximate surface area is 207 Å². The number of nitrogens with one attached hydrogen (secondary N) is 2. The summed E-state index contributed by atoms with van der Waals surface area (Å²) in [4.78, 5) is 35.4. The second kappa shape index (κ2) is 10.7. The minimum atomic E-state index is -0.202. The van der Waals surface area contributed by atoms with Gasteiger partial charge in [0.15, 0.2) is 0 Å². The summed E-state index contributed by atoms with van der Waals surface area (Å²) >= 11 is 2.27. The topological polar surface area (TPSA) is 87.2 Å². The van der Waals surface area contributed by atoms with Crippen molar-refractivity contribution in [1.82, 2.24) is 14.9 Å². The largest absolute Gasteiger partial charge is 0.370 e. The van der Waals surface area contributed by atoms with E-state index < -0.39 is 0 Å². The lowest BCUT2D eigenvalue weighted by molar-refractivity contribution is -0.127. The smallest absolute Gasteiger partial charge is 0.257 e. The summed E-state index contributed by atoms with van der Waals surface area (Å²) in [7, 11) is 0. The number of nitrogens with zero attached hydrogens (tertiary/aromatic N) is 3. The average Bonchev–Trinajstić information content (AvgIpc) is 3.23. The third-order valence-corrected chi connectivity index (χ3v) is 6.52. The highest BCUT2D eigenvalue weighted by atomic mass is 127. The van der Waals surface area contributed by atoms with Crippen molar-refractivity contribution in [1.29, 1.82) is 0 Å². The van der Waals surface area contributed by atoms with Crippen molar-refractivity contribution in [3.8, 4) is 11.3 Å². The second-order valence-electron chi connectivity index (χ2n) is 7.96. The fourth-order valence-corrected chi connectivity index (χ4v) is 4.46. The van der Waals surface area contributed by atoms with Crippen molar-refractivity contribution in [2.45, 2.75) is 26.2 Å². The Morgan fingerprint density at radius 1 is 1.18 bits per heavy atom. The number of pyridine rings is 2. The van der Waals surface area contributed by atoms with Crippen LogP contribution in [0.5, 0.6) is 0 Å². The van der Waals surface area contributed by atoms with Gasteiger partial charge in [-0.05, 0) is 84.8 Å². The molecule has 0 spiro atoms. The normalized spacial score (nSPS) is 13.3. The first kappa shape index (κ1) is 23.2. The van der Waals surface area contributed by atoms with Crippen LogP contribution in [0.15, 0.2) is 54.7 Å².